The Morgan fingerprint density at radius 1 is 1.12 bits per heavy atom. The smallest absolute Gasteiger partial charge is 0.335 e. The molecule has 0 aliphatic carbocycles. The van der Waals surface area contributed by atoms with Gasteiger partial charge in [-0.1, -0.05) is 35.3 Å². The molecule has 2 N–H and O–H groups in total. The molecule has 0 spiro atoms. The van der Waals surface area contributed by atoms with E-state index in [1.165, 1.54) is 24.3 Å². The minimum Gasteiger partial charge on any atom is -0.478 e. The number of carbonyl (C=O) groups is 1. The predicted molar refractivity (Wildman–Crippen MR) is 91.4 cm³/mol. The van der Waals surface area contributed by atoms with Crippen LogP contribution < -0.4 is 11.2 Å². The highest BCUT2D eigenvalue weighted by Crippen LogP contribution is 2.23. The Morgan fingerprint density at radius 3 is 2.42 bits per heavy atom. The van der Waals surface area contributed by atoms with Crippen molar-refractivity contribution in [1.82, 2.24) is 9.55 Å². The number of hydrogen-bond acceptors (Lipinski definition) is 3. The third kappa shape index (κ3) is 2.93. The van der Waals surface area contributed by atoms with Gasteiger partial charge in [0, 0.05) is 5.02 Å². The van der Waals surface area contributed by atoms with Gasteiger partial charge in [0.05, 0.1) is 28.0 Å². The molecule has 0 saturated carbocycles. The van der Waals surface area contributed by atoms with Gasteiger partial charge in [-0.2, -0.15) is 0 Å². The topological polar surface area (TPSA) is 92.2 Å². The highest BCUT2D eigenvalue weighted by Gasteiger charge is 2.12. The lowest BCUT2D eigenvalue weighted by Crippen LogP contribution is -2.35. The standard InChI is InChI=1S/C16H10Cl2N2O4/c17-10-5-11(18)13-12(6-10)19-16(24)20(14(13)21)7-8-1-3-9(4-2-8)15(22)23/h1-6H,7H2,(H,19,24)(H,22,23). The summed E-state index contributed by atoms with van der Waals surface area (Å²) in [5.74, 6) is -1.05. The molecule has 8 heteroatoms. The number of fused-ring (bicyclic) bond motifs is 1. The van der Waals surface area contributed by atoms with Gasteiger partial charge in [0.25, 0.3) is 5.56 Å². The number of benzene rings is 2. The van der Waals surface area contributed by atoms with E-state index >= 15 is 0 Å². The second-order valence-electron chi connectivity index (χ2n) is 5.13. The molecule has 1 aromatic heterocycles. The summed E-state index contributed by atoms with van der Waals surface area (Å²) in [5.41, 5.74) is -0.154. The summed E-state index contributed by atoms with van der Waals surface area (Å²) in [6.07, 6.45) is 0. The van der Waals surface area contributed by atoms with Gasteiger partial charge in [-0.15, -0.1) is 0 Å². The molecule has 0 bridgehead atoms. The Balaban J connectivity index is 2.11. The predicted octanol–water partition coefficient (Wildman–Crippen LogP) is 2.74. The molecule has 3 rings (SSSR count). The number of nitrogens with zero attached hydrogens (tertiary/aromatic N) is 1. The van der Waals surface area contributed by atoms with E-state index in [-0.39, 0.29) is 28.0 Å². The normalized spacial score (nSPS) is 10.9. The van der Waals surface area contributed by atoms with Gasteiger partial charge in [0.15, 0.2) is 0 Å². The first-order chi connectivity index (χ1) is 11.4. The maximum Gasteiger partial charge on any atom is 0.335 e. The summed E-state index contributed by atoms with van der Waals surface area (Å²) in [4.78, 5) is 38.2. The van der Waals surface area contributed by atoms with Gasteiger partial charge < -0.3 is 10.1 Å². The van der Waals surface area contributed by atoms with Gasteiger partial charge in [-0.25, -0.2) is 9.59 Å². The lowest BCUT2D eigenvalue weighted by Gasteiger charge is -2.08. The molecule has 0 amide bonds. The van der Waals surface area contributed by atoms with E-state index in [0.717, 1.165) is 4.57 Å². The zero-order chi connectivity index (χ0) is 17.4. The summed E-state index contributed by atoms with van der Waals surface area (Å²) >= 11 is 11.9. The summed E-state index contributed by atoms with van der Waals surface area (Å²) in [6.45, 7) is -0.0110. The molecule has 24 heavy (non-hydrogen) atoms. The number of aromatic carboxylic acids is 1. The van der Waals surface area contributed by atoms with E-state index in [1.807, 2.05) is 0 Å². The third-order valence-corrected chi connectivity index (χ3v) is 4.06. The van der Waals surface area contributed by atoms with Crippen LogP contribution in [0.2, 0.25) is 10.0 Å². The largest absolute Gasteiger partial charge is 0.478 e. The highest BCUT2D eigenvalue weighted by atomic mass is 35.5. The fraction of sp³-hybridized carbons (Fsp3) is 0.0625. The zero-order valence-corrected chi connectivity index (χ0v) is 13.6. The molecule has 0 saturated heterocycles. The number of hydrogen-bond donors (Lipinski definition) is 2. The average Bonchev–Trinajstić information content (AvgIpc) is 2.50. The van der Waals surface area contributed by atoms with Crippen LogP contribution >= 0.6 is 23.2 Å². The lowest BCUT2D eigenvalue weighted by atomic mass is 10.1. The molecule has 0 aliphatic rings. The highest BCUT2D eigenvalue weighted by molar-refractivity contribution is 6.38. The average molecular weight is 365 g/mol. The van der Waals surface area contributed by atoms with Crippen molar-refractivity contribution in [3.8, 4) is 0 Å². The second kappa shape index (κ2) is 6.14. The number of rotatable bonds is 3. The first-order valence-corrected chi connectivity index (χ1v) is 7.56. The summed E-state index contributed by atoms with van der Waals surface area (Å²) < 4.78 is 0.998. The quantitative estimate of drug-likeness (QED) is 0.747. The van der Waals surface area contributed by atoms with Gasteiger partial charge >= 0.3 is 11.7 Å². The number of H-pyrrole nitrogens is 1. The van der Waals surface area contributed by atoms with E-state index in [2.05, 4.69) is 4.98 Å². The lowest BCUT2D eigenvalue weighted by molar-refractivity contribution is 0.0697. The first kappa shape index (κ1) is 16.3. The Labute approximate surface area is 144 Å². The summed E-state index contributed by atoms with van der Waals surface area (Å²) in [5, 5.41) is 9.52. The minimum atomic E-state index is -1.05. The van der Waals surface area contributed by atoms with E-state index in [1.54, 1.807) is 12.1 Å². The van der Waals surface area contributed by atoms with Gasteiger partial charge in [-0.05, 0) is 29.8 Å². The van der Waals surface area contributed by atoms with Crippen molar-refractivity contribution in [2.24, 2.45) is 0 Å². The molecule has 3 aromatic rings. The fourth-order valence-corrected chi connectivity index (χ4v) is 2.95. The van der Waals surface area contributed by atoms with Crippen molar-refractivity contribution in [3.05, 3.63) is 78.4 Å². The maximum atomic E-state index is 12.6. The Morgan fingerprint density at radius 2 is 1.79 bits per heavy atom. The molecule has 0 fully saturated rings. The number of carboxylic acid groups (broad SMARTS) is 1. The van der Waals surface area contributed by atoms with Crippen LogP contribution in [0.25, 0.3) is 10.9 Å². The van der Waals surface area contributed by atoms with Crippen molar-refractivity contribution in [1.29, 1.82) is 0 Å². The van der Waals surface area contributed by atoms with Crippen LogP contribution in [-0.2, 0) is 6.54 Å². The molecule has 122 valence electrons. The van der Waals surface area contributed by atoms with Gasteiger partial charge in [-0.3, -0.25) is 9.36 Å². The molecule has 0 radical (unpaired) electrons. The van der Waals surface area contributed by atoms with Gasteiger partial charge in [0.2, 0.25) is 0 Å². The van der Waals surface area contributed by atoms with Crippen molar-refractivity contribution in [2.75, 3.05) is 0 Å². The van der Waals surface area contributed by atoms with Crippen LogP contribution in [0.3, 0.4) is 0 Å². The Hall–Kier alpha value is -2.57. The van der Waals surface area contributed by atoms with Crippen molar-refractivity contribution < 1.29 is 9.90 Å². The number of nitrogens with one attached hydrogen (secondary N) is 1. The fourth-order valence-electron chi connectivity index (χ4n) is 2.38. The molecule has 2 aromatic carbocycles. The summed E-state index contributed by atoms with van der Waals surface area (Å²) in [7, 11) is 0. The second-order valence-corrected chi connectivity index (χ2v) is 5.98. The van der Waals surface area contributed by atoms with Crippen molar-refractivity contribution in [2.45, 2.75) is 6.54 Å². The number of aromatic nitrogens is 2. The Bertz CT molecular complexity index is 1070. The van der Waals surface area contributed by atoms with Gasteiger partial charge in [0.1, 0.15) is 0 Å². The molecular formula is C16H10Cl2N2O4. The summed E-state index contributed by atoms with van der Waals surface area (Å²) in [6, 6.07) is 8.79. The number of carboxylic acids is 1. The molecule has 1 heterocycles. The van der Waals surface area contributed by atoms with Crippen molar-refractivity contribution >= 4 is 40.1 Å². The number of halogens is 2. The van der Waals surface area contributed by atoms with E-state index in [4.69, 9.17) is 28.3 Å². The molecule has 6 nitrogen and oxygen atoms in total. The zero-order valence-electron chi connectivity index (χ0n) is 12.0. The molecule has 0 aliphatic heterocycles. The van der Waals surface area contributed by atoms with Crippen LogP contribution in [0.5, 0.6) is 0 Å². The van der Waals surface area contributed by atoms with Crippen LogP contribution in [0.15, 0.2) is 46.0 Å². The van der Waals surface area contributed by atoms with Crippen LogP contribution in [0.1, 0.15) is 15.9 Å². The maximum absolute atomic E-state index is 12.6. The van der Waals surface area contributed by atoms with E-state index in [9.17, 15) is 14.4 Å². The van der Waals surface area contributed by atoms with E-state index < -0.39 is 17.2 Å². The first-order valence-electron chi connectivity index (χ1n) is 6.81. The number of aromatic amines is 1. The molecular weight excluding hydrogens is 355 g/mol. The minimum absolute atomic E-state index is 0.0110. The molecule has 0 atom stereocenters. The molecule has 0 unspecified atom stereocenters. The van der Waals surface area contributed by atoms with Crippen LogP contribution in [0.4, 0.5) is 0 Å². The van der Waals surface area contributed by atoms with Crippen LogP contribution in [-0.4, -0.2) is 20.6 Å². The monoisotopic (exact) mass is 364 g/mol. The van der Waals surface area contributed by atoms with E-state index in [0.29, 0.717) is 10.6 Å². The SMILES string of the molecule is O=C(O)c1ccc(Cn2c(=O)[nH]c3cc(Cl)cc(Cl)c3c2=O)cc1. The third-order valence-electron chi connectivity index (χ3n) is 3.54. The van der Waals surface area contributed by atoms with Crippen molar-refractivity contribution in [3.63, 3.8) is 0 Å². The van der Waals surface area contributed by atoms with Crippen LogP contribution in [0, 0.1) is 0 Å². The Kier molecular flexibility index (Phi) is 4.17.